The fourth-order valence-corrected chi connectivity index (χ4v) is 2.86. The van der Waals surface area contributed by atoms with Gasteiger partial charge in [0.1, 0.15) is 0 Å². The molecule has 0 aromatic heterocycles. The summed E-state index contributed by atoms with van der Waals surface area (Å²) in [5.41, 5.74) is 0.511. The lowest BCUT2D eigenvalue weighted by atomic mass is 9.76. The first-order chi connectivity index (χ1) is 6.17. The summed E-state index contributed by atoms with van der Waals surface area (Å²) < 4.78 is 0. The maximum Gasteiger partial charge on any atom is 0.000275 e. The van der Waals surface area contributed by atoms with Gasteiger partial charge < -0.3 is 10.6 Å². The van der Waals surface area contributed by atoms with E-state index < -0.39 is 0 Å². The summed E-state index contributed by atoms with van der Waals surface area (Å²) in [5, 5.41) is 7.10. The molecule has 2 N–H and O–H groups in total. The van der Waals surface area contributed by atoms with Gasteiger partial charge in [0.2, 0.25) is 0 Å². The minimum Gasteiger partial charge on any atom is -0.316 e. The van der Waals surface area contributed by atoms with Gasteiger partial charge in [-0.2, -0.15) is 0 Å². The highest BCUT2D eigenvalue weighted by Crippen LogP contribution is 2.34. The zero-order valence-electron chi connectivity index (χ0n) is 8.90. The number of nitrogens with one attached hydrogen (secondary N) is 2. The molecule has 2 saturated heterocycles. The molecule has 2 fully saturated rings. The van der Waals surface area contributed by atoms with Crippen LogP contribution in [0.4, 0.5) is 0 Å². The molecule has 2 heteroatoms. The molecule has 13 heavy (non-hydrogen) atoms. The molecular weight excluding hydrogens is 160 g/mol. The predicted molar refractivity (Wildman–Crippen MR) is 55.7 cm³/mol. The average Bonchev–Trinajstić information content (AvgIpc) is 2.21. The Morgan fingerprint density at radius 2 is 1.85 bits per heavy atom. The van der Waals surface area contributed by atoms with Crippen molar-refractivity contribution in [2.45, 2.75) is 26.7 Å². The molecule has 2 aliphatic heterocycles. The first kappa shape index (κ1) is 9.47. The smallest absolute Gasteiger partial charge is 0.000275 e. The molecule has 0 aromatic carbocycles. The Hall–Kier alpha value is -0.0800. The first-order valence-electron chi connectivity index (χ1n) is 5.59. The largest absolute Gasteiger partial charge is 0.316 e. The van der Waals surface area contributed by atoms with Gasteiger partial charge in [0.05, 0.1) is 0 Å². The van der Waals surface area contributed by atoms with Gasteiger partial charge in [-0.1, -0.05) is 13.8 Å². The van der Waals surface area contributed by atoms with E-state index in [0.29, 0.717) is 5.41 Å². The summed E-state index contributed by atoms with van der Waals surface area (Å²) in [6, 6.07) is 0. The topological polar surface area (TPSA) is 24.1 Å². The summed E-state index contributed by atoms with van der Waals surface area (Å²) in [6.07, 6.45) is 2.79. The average molecular weight is 182 g/mol. The highest BCUT2D eigenvalue weighted by Gasteiger charge is 2.33. The SMILES string of the molecule is CC1(C)CNCC2CNCCC2C1. The van der Waals surface area contributed by atoms with E-state index in [1.54, 1.807) is 0 Å². The van der Waals surface area contributed by atoms with E-state index in [-0.39, 0.29) is 0 Å². The van der Waals surface area contributed by atoms with Crippen molar-refractivity contribution in [1.29, 1.82) is 0 Å². The number of hydrogen-bond donors (Lipinski definition) is 2. The third-order valence-corrected chi connectivity index (χ3v) is 3.59. The highest BCUT2D eigenvalue weighted by atomic mass is 14.9. The maximum atomic E-state index is 3.60. The standard InChI is InChI=1S/C11H22N2/c1-11(2)5-9-3-4-12-6-10(9)7-13-8-11/h9-10,12-13H,3-8H2,1-2H3. The van der Waals surface area contributed by atoms with Crippen LogP contribution in [-0.2, 0) is 0 Å². The van der Waals surface area contributed by atoms with Crippen molar-refractivity contribution in [2.24, 2.45) is 17.3 Å². The summed E-state index contributed by atoms with van der Waals surface area (Å²) in [7, 11) is 0. The minimum atomic E-state index is 0.511. The number of hydrogen-bond acceptors (Lipinski definition) is 2. The van der Waals surface area contributed by atoms with Crippen LogP contribution in [0, 0.1) is 17.3 Å². The summed E-state index contributed by atoms with van der Waals surface area (Å²) in [5.74, 6) is 1.85. The van der Waals surface area contributed by atoms with Gasteiger partial charge in [-0.3, -0.25) is 0 Å². The minimum absolute atomic E-state index is 0.511. The van der Waals surface area contributed by atoms with E-state index in [0.717, 1.165) is 11.8 Å². The third kappa shape index (κ3) is 2.23. The molecule has 0 bridgehead atoms. The van der Waals surface area contributed by atoms with Crippen LogP contribution in [0.3, 0.4) is 0 Å². The third-order valence-electron chi connectivity index (χ3n) is 3.59. The van der Waals surface area contributed by atoms with E-state index in [1.807, 2.05) is 0 Å². The van der Waals surface area contributed by atoms with Gasteiger partial charge in [0.25, 0.3) is 0 Å². The van der Waals surface area contributed by atoms with Crippen LogP contribution in [0.25, 0.3) is 0 Å². The molecule has 0 aromatic rings. The zero-order valence-corrected chi connectivity index (χ0v) is 8.90. The van der Waals surface area contributed by atoms with Gasteiger partial charge in [-0.05, 0) is 49.7 Å². The monoisotopic (exact) mass is 182 g/mol. The second kappa shape index (κ2) is 3.58. The molecule has 2 aliphatic rings. The van der Waals surface area contributed by atoms with Gasteiger partial charge in [0, 0.05) is 6.54 Å². The maximum absolute atomic E-state index is 3.60. The lowest BCUT2D eigenvalue weighted by molar-refractivity contribution is 0.204. The van der Waals surface area contributed by atoms with Crippen molar-refractivity contribution in [3.63, 3.8) is 0 Å². The lowest BCUT2D eigenvalue weighted by Gasteiger charge is -2.33. The van der Waals surface area contributed by atoms with Crippen LogP contribution >= 0.6 is 0 Å². The Morgan fingerprint density at radius 1 is 1.08 bits per heavy atom. The van der Waals surface area contributed by atoms with Crippen LogP contribution < -0.4 is 10.6 Å². The van der Waals surface area contributed by atoms with Crippen LogP contribution in [-0.4, -0.2) is 26.2 Å². The van der Waals surface area contributed by atoms with E-state index in [1.165, 1.54) is 39.0 Å². The summed E-state index contributed by atoms with van der Waals surface area (Å²) in [4.78, 5) is 0. The molecular formula is C11H22N2. The van der Waals surface area contributed by atoms with Crippen LogP contribution in [0.1, 0.15) is 26.7 Å². The van der Waals surface area contributed by atoms with Crippen molar-refractivity contribution in [1.82, 2.24) is 10.6 Å². The Labute approximate surface area is 81.5 Å². The van der Waals surface area contributed by atoms with Crippen molar-refractivity contribution in [3.8, 4) is 0 Å². The van der Waals surface area contributed by atoms with Crippen LogP contribution in [0.2, 0.25) is 0 Å². The Balaban J connectivity index is 2.03. The zero-order chi connectivity index (χ0) is 9.31. The van der Waals surface area contributed by atoms with Gasteiger partial charge >= 0.3 is 0 Å². The molecule has 2 unspecified atom stereocenters. The summed E-state index contributed by atoms with van der Waals surface area (Å²) in [6.45, 7) is 9.67. The van der Waals surface area contributed by atoms with E-state index >= 15 is 0 Å². The predicted octanol–water partition coefficient (Wildman–Crippen LogP) is 1.23. The normalized spacial score (nSPS) is 39.2. The summed E-state index contributed by atoms with van der Waals surface area (Å²) >= 11 is 0. The fraction of sp³-hybridized carbons (Fsp3) is 1.00. The van der Waals surface area contributed by atoms with E-state index in [4.69, 9.17) is 0 Å². The molecule has 2 nitrogen and oxygen atoms in total. The second-order valence-corrected chi connectivity index (χ2v) is 5.51. The molecule has 76 valence electrons. The molecule has 0 spiro atoms. The van der Waals surface area contributed by atoms with Crippen molar-refractivity contribution >= 4 is 0 Å². The molecule has 0 radical (unpaired) electrons. The second-order valence-electron chi connectivity index (χ2n) is 5.51. The Kier molecular flexibility index (Phi) is 2.61. The Morgan fingerprint density at radius 3 is 2.69 bits per heavy atom. The van der Waals surface area contributed by atoms with E-state index in [9.17, 15) is 0 Å². The highest BCUT2D eigenvalue weighted by molar-refractivity contribution is 4.88. The lowest BCUT2D eigenvalue weighted by Crippen LogP contribution is -2.40. The van der Waals surface area contributed by atoms with Gasteiger partial charge in [-0.25, -0.2) is 0 Å². The number of piperidine rings is 1. The first-order valence-corrected chi connectivity index (χ1v) is 5.59. The van der Waals surface area contributed by atoms with Crippen LogP contribution in [0.5, 0.6) is 0 Å². The molecule has 0 amide bonds. The van der Waals surface area contributed by atoms with Crippen molar-refractivity contribution in [3.05, 3.63) is 0 Å². The molecule has 0 aliphatic carbocycles. The van der Waals surface area contributed by atoms with Crippen molar-refractivity contribution in [2.75, 3.05) is 26.2 Å². The van der Waals surface area contributed by atoms with Crippen molar-refractivity contribution < 1.29 is 0 Å². The molecule has 2 rings (SSSR count). The molecule has 2 heterocycles. The molecule has 2 atom stereocenters. The quantitative estimate of drug-likeness (QED) is 0.589. The molecule has 0 saturated carbocycles. The Bertz CT molecular complexity index is 177. The van der Waals surface area contributed by atoms with E-state index in [2.05, 4.69) is 24.5 Å². The van der Waals surface area contributed by atoms with Gasteiger partial charge in [0.15, 0.2) is 0 Å². The number of fused-ring (bicyclic) bond motifs is 1. The van der Waals surface area contributed by atoms with Crippen LogP contribution in [0.15, 0.2) is 0 Å². The number of rotatable bonds is 0. The van der Waals surface area contributed by atoms with Gasteiger partial charge in [-0.15, -0.1) is 0 Å². The fourth-order valence-electron chi connectivity index (χ4n) is 2.86.